The number of nitrogens with zero attached hydrogens (tertiary/aromatic N) is 2. The molecule has 1 aromatic heterocycles. The Kier molecular flexibility index (Phi) is 5.89. The number of aromatic nitrogens is 2. The van der Waals surface area contributed by atoms with Crippen molar-refractivity contribution in [3.05, 3.63) is 11.2 Å². The molecule has 1 aliphatic rings. The minimum absolute atomic E-state index is 0.486. The van der Waals surface area contributed by atoms with Gasteiger partial charge in [0.2, 0.25) is 5.95 Å². The maximum absolute atomic E-state index is 6.20. The Bertz CT molecular complexity index is 424. The Morgan fingerprint density at radius 2 is 2.20 bits per heavy atom. The first kappa shape index (κ1) is 15.4. The Hall–Kier alpha value is -1.03. The lowest BCUT2D eigenvalue weighted by atomic mass is 9.84. The van der Waals surface area contributed by atoms with E-state index >= 15 is 0 Å². The van der Waals surface area contributed by atoms with Gasteiger partial charge in [-0.15, -0.1) is 0 Å². The lowest BCUT2D eigenvalue weighted by Crippen LogP contribution is -2.27. The molecule has 0 saturated heterocycles. The summed E-state index contributed by atoms with van der Waals surface area (Å²) in [5.74, 6) is 2.25. The van der Waals surface area contributed by atoms with Gasteiger partial charge in [-0.05, 0) is 25.2 Å². The summed E-state index contributed by atoms with van der Waals surface area (Å²) >= 11 is 6.20. The lowest BCUT2D eigenvalue weighted by molar-refractivity contribution is 0.327. The molecular weight excluding hydrogens is 272 g/mol. The molecule has 20 heavy (non-hydrogen) atoms. The first-order valence-electron chi connectivity index (χ1n) is 7.75. The molecular formula is C15H25ClN4. The standard InChI is InChI=1S/C15H25ClN4/c1-3-8-17-15-18-10-13(16)14(20-15)19-12-7-5-6-11(4-2)9-12/h10-12H,3-9H2,1-2H3,(H2,17,18,19,20). The van der Waals surface area contributed by atoms with Crippen LogP contribution in [0.15, 0.2) is 6.20 Å². The zero-order chi connectivity index (χ0) is 14.4. The second-order valence-electron chi connectivity index (χ2n) is 5.60. The van der Waals surface area contributed by atoms with Crippen molar-refractivity contribution in [3.8, 4) is 0 Å². The highest BCUT2D eigenvalue weighted by Crippen LogP contribution is 2.30. The Morgan fingerprint density at radius 3 is 2.95 bits per heavy atom. The maximum Gasteiger partial charge on any atom is 0.224 e. The highest BCUT2D eigenvalue weighted by Gasteiger charge is 2.21. The van der Waals surface area contributed by atoms with Gasteiger partial charge in [-0.1, -0.05) is 44.7 Å². The molecule has 0 aliphatic heterocycles. The van der Waals surface area contributed by atoms with Gasteiger partial charge in [0.05, 0.1) is 6.20 Å². The number of halogens is 1. The van der Waals surface area contributed by atoms with Gasteiger partial charge in [0.1, 0.15) is 5.02 Å². The maximum atomic E-state index is 6.20. The quantitative estimate of drug-likeness (QED) is 0.820. The van der Waals surface area contributed by atoms with E-state index in [2.05, 4.69) is 34.4 Å². The molecule has 0 amide bonds. The molecule has 2 N–H and O–H groups in total. The topological polar surface area (TPSA) is 49.8 Å². The zero-order valence-corrected chi connectivity index (χ0v) is 13.2. The van der Waals surface area contributed by atoms with Crippen molar-refractivity contribution in [2.24, 2.45) is 5.92 Å². The fourth-order valence-corrected chi connectivity index (χ4v) is 2.92. The minimum atomic E-state index is 0.486. The zero-order valence-electron chi connectivity index (χ0n) is 12.5. The summed E-state index contributed by atoms with van der Waals surface area (Å²) in [7, 11) is 0. The van der Waals surface area contributed by atoms with Crippen LogP contribution in [0.5, 0.6) is 0 Å². The fourth-order valence-electron chi connectivity index (χ4n) is 2.78. The molecule has 0 radical (unpaired) electrons. The SMILES string of the molecule is CCCNc1ncc(Cl)c(NC2CCCC(CC)C2)n1. The summed E-state index contributed by atoms with van der Waals surface area (Å²) in [6.45, 7) is 5.27. The average Bonchev–Trinajstić information content (AvgIpc) is 2.48. The summed E-state index contributed by atoms with van der Waals surface area (Å²) in [5, 5.41) is 7.31. The molecule has 1 heterocycles. The number of hydrogen-bond acceptors (Lipinski definition) is 4. The molecule has 112 valence electrons. The molecule has 2 atom stereocenters. The van der Waals surface area contributed by atoms with E-state index in [0.717, 1.165) is 24.7 Å². The Labute approximate surface area is 126 Å². The normalized spacial score (nSPS) is 22.6. The molecule has 0 bridgehead atoms. The average molecular weight is 297 g/mol. The van der Waals surface area contributed by atoms with Crippen LogP contribution in [0.2, 0.25) is 5.02 Å². The van der Waals surface area contributed by atoms with E-state index < -0.39 is 0 Å². The predicted octanol–water partition coefficient (Wildman–Crippen LogP) is 4.33. The van der Waals surface area contributed by atoms with E-state index in [-0.39, 0.29) is 0 Å². The summed E-state index contributed by atoms with van der Waals surface area (Å²) in [6, 6.07) is 0.486. The number of nitrogens with one attached hydrogen (secondary N) is 2. The lowest BCUT2D eigenvalue weighted by Gasteiger charge is -2.29. The van der Waals surface area contributed by atoms with Crippen LogP contribution in [0, 0.1) is 5.92 Å². The third kappa shape index (κ3) is 4.23. The molecule has 1 aromatic rings. The van der Waals surface area contributed by atoms with Gasteiger partial charge in [0, 0.05) is 12.6 Å². The van der Waals surface area contributed by atoms with Crippen LogP contribution in [0.1, 0.15) is 52.4 Å². The van der Waals surface area contributed by atoms with E-state index in [1.54, 1.807) is 6.20 Å². The van der Waals surface area contributed by atoms with Gasteiger partial charge >= 0.3 is 0 Å². The second-order valence-corrected chi connectivity index (χ2v) is 6.01. The van der Waals surface area contributed by atoms with Crippen molar-refractivity contribution in [2.45, 2.75) is 58.4 Å². The first-order valence-corrected chi connectivity index (χ1v) is 8.13. The van der Waals surface area contributed by atoms with Crippen LogP contribution in [-0.2, 0) is 0 Å². The molecule has 4 nitrogen and oxygen atoms in total. The van der Waals surface area contributed by atoms with Crippen LogP contribution >= 0.6 is 11.6 Å². The summed E-state index contributed by atoms with van der Waals surface area (Å²) in [6.07, 6.45) is 9.06. The van der Waals surface area contributed by atoms with E-state index in [9.17, 15) is 0 Å². The highest BCUT2D eigenvalue weighted by molar-refractivity contribution is 6.32. The van der Waals surface area contributed by atoms with Crippen molar-refractivity contribution in [1.82, 2.24) is 9.97 Å². The summed E-state index contributed by atoms with van der Waals surface area (Å²) in [4.78, 5) is 8.70. The third-order valence-electron chi connectivity index (χ3n) is 3.98. The molecule has 1 saturated carbocycles. The van der Waals surface area contributed by atoms with Gasteiger partial charge in [0.15, 0.2) is 5.82 Å². The molecule has 1 fully saturated rings. The van der Waals surface area contributed by atoms with Crippen molar-refractivity contribution >= 4 is 23.4 Å². The van der Waals surface area contributed by atoms with E-state index in [4.69, 9.17) is 11.6 Å². The van der Waals surface area contributed by atoms with Gasteiger partial charge < -0.3 is 10.6 Å². The van der Waals surface area contributed by atoms with Gasteiger partial charge in [-0.2, -0.15) is 4.98 Å². The smallest absolute Gasteiger partial charge is 0.224 e. The van der Waals surface area contributed by atoms with Crippen LogP contribution < -0.4 is 10.6 Å². The summed E-state index contributed by atoms with van der Waals surface area (Å²) in [5.41, 5.74) is 0. The Balaban J connectivity index is 2.00. The van der Waals surface area contributed by atoms with Crippen LogP contribution in [0.25, 0.3) is 0 Å². The van der Waals surface area contributed by atoms with Crippen molar-refractivity contribution in [3.63, 3.8) is 0 Å². The van der Waals surface area contributed by atoms with Crippen LogP contribution in [0.4, 0.5) is 11.8 Å². The molecule has 0 spiro atoms. The van der Waals surface area contributed by atoms with Gasteiger partial charge in [-0.25, -0.2) is 4.98 Å². The molecule has 1 aliphatic carbocycles. The number of hydrogen-bond donors (Lipinski definition) is 2. The van der Waals surface area contributed by atoms with E-state index in [1.165, 1.54) is 32.1 Å². The van der Waals surface area contributed by atoms with Crippen molar-refractivity contribution in [2.75, 3.05) is 17.2 Å². The van der Waals surface area contributed by atoms with Crippen LogP contribution in [0.3, 0.4) is 0 Å². The monoisotopic (exact) mass is 296 g/mol. The number of rotatable bonds is 6. The second kappa shape index (κ2) is 7.67. The highest BCUT2D eigenvalue weighted by atomic mass is 35.5. The van der Waals surface area contributed by atoms with Crippen molar-refractivity contribution in [1.29, 1.82) is 0 Å². The first-order chi connectivity index (χ1) is 9.72. The minimum Gasteiger partial charge on any atom is -0.366 e. The molecule has 2 unspecified atom stereocenters. The van der Waals surface area contributed by atoms with Crippen molar-refractivity contribution < 1.29 is 0 Å². The molecule has 5 heteroatoms. The molecule has 0 aromatic carbocycles. The summed E-state index contributed by atoms with van der Waals surface area (Å²) < 4.78 is 0. The predicted molar refractivity (Wildman–Crippen MR) is 85.5 cm³/mol. The van der Waals surface area contributed by atoms with Gasteiger partial charge in [-0.3, -0.25) is 0 Å². The molecule has 2 rings (SSSR count). The van der Waals surface area contributed by atoms with Gasteiger partial charge in [0.25, 0.3) is 0 Å². The number of anilines is 2. The fraction of sp³-hybridized carbons (Fsp3) is 0.733. The van der Waals surface area contributed by atoms with E-state index in [0.29, 0.717) is 17.0 Å². The third-order valence-corrected chi connectivity index (χ3v) is 4.25. The van der Waals surface area contributed by atoms with E-state index in [1.807, 2.05) is 0 Å². The Morgan fingerprint density at radius 1 is 1.35 bits per heavy atom. The van der Waals surface area contributed by atoms with Crippen LogP contribution in [-0.4, -0.2) is 22.6 Å². The largest absolute Gasteiger partial charge is 0.366 e.